The Kier molecular flexibility index (Phi) is 9.95. The number of nitrogens with one attached hydrogen (secondary N) is 1. The molecule has 0 unspecified atom stereocenters. The largest absolute Gasteiger partial charge is 0.450 e. The molecule has 0 spiro atoms. The summed E-state index contributed by atoms with van der Waals surface area (Å²) in [6.45, 7) is 6.97. The van der Waals surface area contributed by atoms with E-state index in [1.54, 1.807) is 11.9 Å². The molecule has 1 aromatic heterocycles. The van der Waals surface area contributed by atoms with Gasteiger partial charge in [0.05, 0.1) is 6.61 Å². The van der Waals surface area contributed by atoms with Gasteiger partial charge >= 0.3 is 6.09 Å². The van der Waals surface area contributed by atoms with E-state index in [2.05, 4.69) is 30.0 Å². The molecule has 1 amide bonds. The number of aromatic nitrogens is 3. The van der Waals surface area contributed by atoms with Crippen LogP contribution in [0.3, 0.4) is 0 Å². The molecule has 3 rings (SSSR count). The molecule has 1 N–H and O–H groups in total. The van der Waals surface area contributed by atoms with Crippen LogP contribution in [0.4, 0.5) is 4.79 Å². The molecule has 10 heteroatoms. The Balaban J connectivity index is 0.00000300. The SMILES string of the molecule is CCOC(=O)N1CCN(C(=NC)NCCCc2nnc3n2CCCCC3)CC1.I. The predicted molar refractivity (Wildman–Crippen MR) is 123 cm³/mol. The van der Waals surface area contributed by atoms with Gasteiger partial charge in [0.1, 0.15) is 11.6 Å². The van der Waals surface area contributed by atoms with Crippen molar-refractivity contribution in [3.8, 4) is 0 Å². The van der Waals surface area contributed by atoms with Crippen molar-refractivity contribution in [2.75, 3.05) is 46.4 Å². The minimum atomic E-state index is -0.225. The highest BCUT2D eigenvalue weighted by Gasteiger charge is 2.23. The van der Waals surface area contributed by atoms with E-state index in [1.807, 2.05) is 6.92 Å². The van der Waals surface area contributed by atoms with E-state index >= 15 is 0 Å². The van der Waals surface area contributed by atoms with Gasteiger partial charge in [-0.3, -0.25) is 4.99 Å². The zero-order valence-electron chi connectivity index (χ0n) is 17.6. The lowest BCUT2D eigenvalue weighted by Crippen LogP contribution is -2.54. The quantitative estimate of drug-likeness (QED) is 0.277. The molecule has 0 bridgehead atoms. The number of piperazine rings is 1. The molecule has 164 valence electrons. The van der Waals surface area contributed by atoms with Crippen LogP contribution in [0, 0.1) is 0 Å². The summed E-state index contributed by atoms with van der Waals surface area (Å²) in [5, 5.41) is 12.2. The summed E-state index contributed by atoms with van der Waals surface area (Å²) in [5.74, 6) is 3.15. The molecule has 29 heavy (non-hydrogen) atoms. The van der Waals surface area contributed by atoms with Crippen LogP contribution in [0.2, 0.25) is 0 Å². The maximum Gasteiger partial charge on any atom is 0.409 e. The lowest BCUT2D eigenvalue weighted by Gasteiger charge is -2.35. The molecule has 0 radical (unpaired) electrons. The summed E-state index contributed by atoms with van der Waals surface area (Å²) in [6.07, 6.45) is 6.46. The number of nitrogens with zero attached hydrogens (tertiary/aromatic N) is 6. The normalized spacial score (nSPS) is 17.2. The van der Waals surface area contributed by atoms with Crippen molar-refractivity contribution in [3.05, 3.63) is 11.6 Å². The van der Waals surface area contributed by atoms with Crippen molar-refractivity contribution >= 4 is 36.0 Å². The van der Waals surface area contributed by atoms with Gasteiger partial charge in [-0.05, 0) is 26.2 Å². The van der Waals surface area contributed by atoms with Gasteiger partial charge in [0.15, 0.2) is 5.96 Å². The topological polar surface area (TPSA) is 87.9 Å². The van der Waals surface area contributed by atoms with Crippen LogP contribution in [-0.4, -0.2) is 83.0 Å². The first-order valence-electron chi connectivity index (χ1n) is 10.5. The lowest BCUT2D eigenvalue weighted by molar-refractivity contribution is 0.0914. The van der Waals surface area contributed by atoms with Crippen LogP contribution in [0.15, 0.2) is 4.99 Å². The second-order valence-corrected chi connectivity index (χ2v) is 7.25. The molecule has 2 aliphatic rings. The monoisotopic (exact) mass is 519 g/mol. The molecule has 3 heterocycles. The number of carbonyl (C=O) groups excluding carboxylic acids is 1. The Morgan fingerprint density at radius 1 is 1.10 bits per heavy atom. The first kappa shape index (κ1) is 23.7. The Morgan fingerprint density at radius 2 is 1.86 bits per heavy atom. The number of guanidine groups is 1. The van der Waals surface area contributed by atoms with Gasteiger partial charge in [-0.1, -0.05) is 6.42 Å². The molecule has 0 aromatic carbocycles. The maximum absolute atomic E-state index is 11.8. The Labute approximate surface area is 190 Å². The number of aliphatic imine (C=N–C) groups is 1. The fourth-order valence-corrected chi connectivity index (χ4v) is 3.82. The summed E-state index contributed by atoms with van der Waals surface area (Å²) in [5.41, 5.74) is 0. The number of amides is 1. The van der Waals surface area contributed by atoms with Crippen LogP contribution >= 0.6 is 24.0 Å². The van der Waals surface area contributed by atoms with Crippen molar-refractivity contribution in [2.24, 2.45) is 4.99 Å². The van der Waals surface area contributed by atoms with Gasteiger partial charge in [0.2, 0.25) is 0 Å². The first-order valence-corrected chi connectivity index (χ1v) is 10.5. The summed E-state index contributed by atoms with van der Waals surface area (Å²) < 4.78 is 7.39. The average Bonchev–Trinajstić information content (AvgIpc) is 2.94. The first-order chi connectivity index (χ1) is 13.7. The Bertz CT molecular complexity index is 672. The fraction of sp³-hybridized carbons (Fsp3) is 0.789. The Hall–Kier alpha value is -1.59. The van der Waals surface area contributed by atoms with Crippen molar-refractivity contribution < 1.29 is 9.53 Å². The van der Waals surface area contributed by atoms with Crippen molar-refractivity contribution in [1.82, 2.24) is 29.9 Å². The van der Waals surface area contributed by atoms with Gasteiger partial charge < -0.3 is 24.4 Å². The number of fused-ring (bicyclic) bond motifs is 1. The number of rotatable bonds is 5. The number of halogens is 1. The predicted octanol–water partition coefficient (Wildman–Crippen LogP) is 1.90. The zero-order valence-corrected chi connectivity index (χ0v) is 19.9. The van der Waals surface area contributed by atoms with E-state index in [1.165, 1.54) is 19.3 Å². The molecule has 0 aliphatic carbocycles. The second kappa shape index (κ2) is 12.2. The smallest absolute Gasteiger partial charge is 0.409 e. The van der Waals surface area contributed by atoms with E-state index < -0.39 is 0 Å². The average molecular weight is 519 g/mol. The van der Waals surface area contributed by atoms with Gasteiger partial charge in [0, 0.05) is 59.2 Å². The van der Waals surface area contributed by atoms with Crippen LogP contribution in [0.5, 0.6) is 0 Å². The van der Waals surface area contributed by atoms with Crippen LogP contribution in [0.1, 0.15) is 44.3 Å². The molecule has 1 saturated heterocycles. The van der Waals surface area contributed by atoms with Crippen LogP contribution in [-0.2, 0) is 24.1 Å². The highest BCUT2D eigenvalue weighted by molar-refractivity contribution is 14.0. The zero-order chi connectivity index (χ0) is 19.8. The van der Waals surface area contributed by atoms with E-state index in [4.69, 9.17) is 4.74 Å². The molecule has 9 nitrogen and oxygen atoms in total. The summed E-state index contributed by atoms with van der Waals surface area (Å²) in [6, 6.07) is 0. The molecule has 0 atom stereocenters. The molecule has 0 saturated carbocycles. The molecule has 1 fully saturated rings. The molecular weight excluding hydrogens is 485 g/mol. The van der Waals surface area contributed by atoms with Crippen LogP contribution < -0.4 is 5.32 Å². The van der Waals surface area contributed by atoms with E-state index in [0.717, 1.165) is 63.0 Å². The Morgan fingerprint density at radius 3 is 2.59 bits per heavy atom. The standard InChI is InChI=1S/C19H33N7O2.HI/c1-3-28-19(27)25-14-12-24(13-15-25)18(20-2)21-10-7-9-17-23-22-16-8-5-4-6-11-26(16)17;/h3-15H2,1-2H3,(H,20,21);1H. The molecular formula is C19H34IN7O2. The van der Waals surface area contributed by atoms with Gasteiger partial charge in [0.25, 0.3) is 0 Å². The lowest BCUT2D eigenvalue weighted by atomic mass is 10.2. The number of ether oxygens (including phenoxy) is 1. The number of hydrogen-bond acceptors (Lipinski definition) is 5. The minimum Gasteiger partial charge on any atom is -0.450 e. The fourth-order valence-electron chi connectivity index (χ4n) is 3.82. The second-order valence-electron chi connectivity index (χ2n) is 7.25. The summed E-state index contributed by atoms with van der Waals surface area (Å²) >= 11 is 0. The van der Waals surface area contributed by atoms with Crippen LogP contribution in [0.25, 0.3) is 0 Å². The highest BCUT2D eigenvalue weighted by atomic mass is 127. The molecule has 2 aliphatic heterocycles. The number of aryl methyl sites for hydroxylation is 2. The van der Waals surface area contributed by atoms with E-state index in [9.17, 15) is 4.79 Å². The van der Waals surface area contributed by atoms with Gasteiger partial charge in [-0.25, -0.2) is 4.79 Å². The van der Waals surface area contributed by atoms with Crippen molar-refractivity contribution in [1.29, 1.82) is 0 Å². The molecule has 1 aromatic rings. The van der Waals surface area contributed by atoms with E-state index in [-0.39, 0.29) is 30.1 Å². The van der Waals surface area contributed by atoms with E-state index in [0.29, 0.717) is 19.7 Å². The third kappa shape index (κ3) is 6.45. The summed E-state index contributed by atoms with van der Waals surface area (Å²) in [7, 11) is 1.80. The minimum absolute atomic E-state index is 0. The van der Waals surface area contributed by atoms with Gasteiger partial charge in [-0.15, -0.1) is 34.2 Å². The number of hydrogen-bond donors (Lipinski definition) is 1. The number of carbonyl (C=O) groups is 1. The summed E-state index contributed by atoms with van der Waals surface area (Å²) in [4.78, 5) is 20.2. The van der Waals surface area contributed by atoms with Crippen molar-refractivity contribution in [3.63, 3.8) is 0 Å². The maximum atomic E-state index is 11.8. The highest BCUT2D eigenvalue weighted by Crippen LogP contribution is 2.15. The third-order valence-electron chi connectivity index (χ3n) is 5.36. The van der Waals surface area contributed by atoms with Gasteiger partial charge in [-0.2, -0.15) is 0 Å². The third-order valence-corrected chi connectivity index (χ3v) is 5.36. The van der Waals surface area contributed by atoms with Crippen molar-refractivity contribution in [2.45, 2.75) is 52.0 Å².